The second-order valence-corrected chi connectivity index (χ2v) is 4.97. The van der Waals surface area contributed by atoms with Crippen LogP contribution in [0.2, 0.25) is 0 Å². The van der Waals surface area contributed by atoms with Gasteiger partial charge in [0.2, 0.25) is 0 Å². The Morgan fingerprint density at radius 1 is 1.19 bits per heavy atom. The largest absolute Gasteiger partial charge is 0.497 e. The molecule has 0 aromatic heterocycles. The van der Waals surface area contributed by atoms with Crippen LogP contribution in [0.5, 0.6) is 5.75 Å². The smallest absolute Gasteiger partial charge is 0.253 e. The molecule has 110 valence electrons. The maximum absolute atomic E-state index is 13.2. The van der Waals surface area contributed by atoms with Gasteiger partial charge in [0.1, 0.15) is 11.6 Å². The van der Waals surface area contributed by atoms with E-state index in [2.05, 4.69) is 0 Å². The van der Waals surface area contributed by atoms with E-state index in [-0.39, 0.29) is 11.7 Å². The highest BCUT2D eigenvalue weighted by Gasteiger charge is 2.13. The maximum Gasteiger partial charge on any atom is 0.253 e. The van der Waals surface area contributed by atoms with Crippen LogP contribution in [0.25, 0.3) is 0 Å². The molecule has 2 rings (SSSR count). The van der Waals surface area contributed by atoms with E-state index in [1.54, 1.807) is 32.0 Å². The Morgan fingerprint density at radius 2 is 1.86 bits per heavy atom. The zero-order valence-corrected chi connectivity index (χ0v) is 12.4. The quantitative estimate of drug-likeness (QED) is 0.862. The summed E-state index contributed by atoms with van der Waals surface area (Å²) in [5.74, 6) is 0.347. The monoisotopic (exact) mass is 287 g/mol. The Labute approximate surface area is 124 Å². The van der Waals surface area contributed by atoms with Gasteiger partial charge in [-0.3, -0.25) is 4.79 Å². The Morgan fingerprint density at radius 3 is 2.43 bits per heavy atom. The van der Waals surface area contributed by atoms with Gasteiger partial charge in [0.15, 0.2) is 0 Å². The van der Waals surface area contributed by atoms with Crippen LogP contribution >= 0.6 is 0 Å². The number of methoxy groups -OCH3 is 1. The highest BCUT2D eigenvalue weighted by Crippen LogP contribution is 2.15. The lowest BCUT2D eigenvalue weighted by Crippen LogP contribution is -2.26. The molecule has 0 aliphatic rings. The number of nitrogens with zero attached hydrogens (tertiary/aromatic N) is 1. The number of carbonyl (C=O) groups excluding carboxylic acids is 1. The molecule has 0 saturated heterocycles. The van der Waals surface area contributed by atoms with E-state index < -0.39 is 0 Å². The summed E-state index contributed by atoms with van der Waals surface area (Å²) in [5, 5.41) is 0. The molecule has 0 N–H and O–H groups in total. The van der Waals surface area contributed by atoms with E-state index in [0.29, 0.717) is 17.7 Å². The Kier molecular flexibility index (Phi) is 4.58. The summed E-state index contributed by atoms with van der Waals surface area (Å²) in [6, 6.07) is 11.9. The highest BCUT2D eigenvalue weighted by atomic mass is 19.1. The summed E-state index contributed by atoms with van der Waals surface area (Å²) in [7, 11) is 3.34. The number of carbonyl (C=O) groups is 1. The van der Waals surface area contributed by atoms with E-state index in [9.17, 15) is 9.18 Å². The molecular formula is C17H18FNO2. The number of aryl methyl sites for hydroxylation is 1. The number of benzene rings is 2. The first-order valence-corrected chi connectivity index (χ1v) is 6.66. The lowest BCUT2D eigenvalue weighted by Gasteiger charge is -2.18. The third-order valence-corrected chi connectivity index (χ3v) is 3.33. The molecule has 2 aromatic carbocycles. The topological polar surface area (TPSA) is 29.5 Å². The van der Waals surface area contributed by atoms with Crippen molar-refractivity contribution in [3.8, 4) is 5.75 Å². The molecule has 0 spiro atoms. The van der Waals surface area contributed by atoms with Crippen molar-refractivity contribution in [2.24, 2.45) is 0 Å². The van der Waals surface area contributed by atoms with Crippen LogP contribution in [-0.4, -0.2) is 25.0 Å². The highest BCUT2D eigenvalue weighted by molar-refractivity contribution is 5.94. The number of amides is 1. The Bertz CT molecular complexity index is 638. The summed E-state index contributed by atoms with van der Waals surface area (Å²) >= 11 is 0. The molecular weight excluding hydrogens is 269 g/mol. The Hall–Kier alpha value is -2.36. The second-order valence-electron chi connectivity index (χ2n) is 4.97. The number of rotatable bonds is 4. The zero-order valence-electron chi connectivity index (χ0n) is 12.4. The second kappa shape index (κ2) is 6.39. The van der Waals surface area contributed by atoms with Crippen molar-refractivity contribution in [1.29, 1.82) is 0 Å². The SMILES string of the molecule is COc1ccc(CN(C)C(=O)c2ccc(F)c(C)c2)cc1. The molecule has 0 unspecified atom stereocenters. The van der Waals surface area contributed by atoms with Crippen molar-refractivity contribution in [2.75, 3.05) is 14.2 Å². The standard InChI is InChI=1S/C17H18FNO2/c1-12-10-14(6-9-16(12)18)17(20)19(2)11-13-4-7-15(21-3)8-5-13/h4-10H,11H2,1-3H3. The fourth-order valence-corrected chi connectivity index (χ4v) is 2.07. The molecule has 0 radical (unpaired) electrons. The van der Waals surface area contributed by atoms with Gasteiger partial charge in [-0.25, -0.2) is 4.39 Å². The molecule has 3 nitrogen and oxygen atoms in total. The third kappa shape index (κ3) is 3.60. The minimum absolute atomic E-state index is 0.131. The van der Waals surface area contributed by atoms with Gasteiger partial charge in [-0.2, -0.15) is 0 Å². The first-order chi connectivity index (χ1) is 10.0. The summed E-state index contributed by atoms with van der Waals surface area (Å²) in [4.78, 5) is 13.9. The summed E-state index contributed by atoms with van der Waals surface area (Å²) < 4.78 is 18.3. The average Bonchev–Trinajstić information content (AvgIpc) is 2.50. The van der Waals surface area contributed by atoms with Gasteiger partial charge < -0.3 is 9.64 Å². The molecule has 0 aliphatic heterocycles. The molecule has 0 atom stereocenters. The average molecular weight is 287 g/mol. The van der Waals surface area contributed by atoms with E-state index in [1.165, 1.54) is 12.1 Å². The Balaban J connectivity index is 2.09. The fourth-order valence-electron chi connectivity index (χ4n) is 2.07. The third-order valence-electron chi connectivity index (χ3n) is 3.33. The molecule has 4 heteroatoms. The van der Waals surface area contributed by atoms with Gasteiger partial charge in [-0.05, 0) is 48.4 Å². The van der Waals surface area contributed by atoms with Gasteiger partial charge in [0, 0.05) is 19.2 Å². The van der Waals surface area contributed by atoms with E-state index in [0.717, 1.165) is 11.3 Å². The number of ether oxygens (including phenoxy) is 1. The molecule has 0 saturated carbocycles. The van der Waals surface area contributed by atoms with Gasteiger partial charge in [0.25, 0.3) is 5.91 Å². The molecule has 0 aliphatic carbocycles. The molecule has 1 amide bonds. The molecule has 21 heavy (non-hydrogen) atoms. The lowest BCUT2D eigenvalue weighted by molar-refractivity contribution is 0.0785. The van der Waals surface area contributed by atoms with Crippen LogP contribution in [-0.2, 0) is 6.54 Å². The number of hydrogen-bond donors (Lipinski definition) is 0. The van der Waals surface area contributed by atoms with Gasteiger partial charge in [-0.15, -0.1) is 0 Å². The van der Waals surface area contributed by atoms with Crippen LogP contribution in [0, 0.1) is 12.7 Å². The van der Waals surface area contributed by atoms with E-state index in [1.807, 2.05) is 24.3 Å². The van der Waals surface area contributed by atoms with Crippen LogP contribution < -0.4 is 4.74 Å². The van der Waals surface area contributed by atoms with E-state index >= 15 is 0 Å². The normalized spacial score (nSPS) is 10.3. The lowest BCUT2D eigenvalue weighted by atomic mass is 10.1. The van der Waals surface area contributed by atoms with Crippen LogP contribution in [0.3, 0.4) is 0 Å². The molecule has 2 aromatic rings. The van der Waals surface area contributed by atoms with Crippen molar-refractivity contribution in [1.82, 2.24) is 4.90 Å². The first kappa shape index (κ1) is 15.0. The minimum Gasteiger partial charge on any atom is -0.497 e. The first-order valence-electron chi connectivity index (χ1n) is 6.66. The maximum atomic E-state index is 13.2. The fraction of sp³-hybridized carbons (Fsp3) is 0.235. The van der Waals surface area contributed by atoms with Crippen LogP contribution in [0.1, 0.15) is 21.5 Å². The summed E-state index contributed by atoms with van der Waals surface area (Å²) in [6.07, 6.45) is 0. The van der Waals surface area contributed by atoms with Gasteiger partial charge in [0.05, 0.1) is 7.11 Å². The number of halogens is 1. The predicted molar refractivity (Wildman–Crippen MR) is 79.9 cm³/mol. The van der Waals surface area contributed by atoms with Crippen molar-refractivity contribution in [3.05, 3.63) is 65.0 Å². The van der Waals surface area contributed by atoms with Gasteiger partial charge in [-0.1, -0.05) is 12.1 Å². The molecule has 0 bridgehead atoms. The minimum atomic E-state index is -0.302. The van der Waals surface area contributed by atoms with Crippen molar-refractivity contribution in [2.45, 2.75) is 13.5 Å². The summed E-state index contributed by atoms with van der Waals surface area (Å²) in [6.45, 7) is 2.13. The van der Waals surface area contributed by atoms with Crippen LogP contribution in [0.4, 0.5) is 4.39 Å². The number of hydrogen-bond acceptors (Lipinski definition) is 2. The van der Waals surface area contributed by atoms with Gasteiger partial charge >= 0.3 is 0 Å². The van der Waals surface area contributed by atoms with Crippen molar-refractivity contribution >= 4 is 5.91 Å². The molecule has 0 fully saturated rings. The zero-order chi connectivity index (χ0) is 15.4. The van der Waals surface area contributed by atoms with Crippen molar-refractivity contribution in [3.63, 3.8) is 0 Å². The van der Waals surface area contributed by atoms with Crippen molar-refractivity contribution < 1.29 is 13.9 Å². The molecule has 0 heterocycles. The van der Waals surface area contributed by atoms with Crippen LogP contribution in [0.15, 0.2) is 42.5 Å². The predicted octanol–water partition coefficient (Wildman–Crippen LogP) is 3.41. The van der Waals surface area contributed by atoms with E-state index in [4.69, 9.17) is 4.74 Å². The summed E-state index contributed by atoms with van der Waals surface area (Å²) in [5.41, 5.74) is 1.97.